The molecule has 0 aromatic heterocycles. The van der Waals surface area contributed by atoms with Crippen molar-refractivity contribution in [1.82, 2.24) is 9.21 Å². The van der Waals surface area contributed by atoms with Crippen LogP contribution in [0.25, 0.3) is 18.2 Å². The monoisotopic (exact) mass is 544 g/mol. The molecule has 0 N–H and O–H groups in total. The lowest BCUT2D eigenvalue weighted by Crippen LogP contribution is -2.50. The fourth-order valence-corrected chi connectivity index (χ4v) is 6.16. The summed E-state index contributed by atoms with van der Waals surface area (Å²) in [4.78, 5) is 15.0. The summed E-state index contributed by atoms with van der Waals surface area (Å²) in [5, 5.41) is 0. The van der Waals surface area contributed by atoms with E-state index < -0.39 is 10.0 Å². The maximum Gasteiger partial charge on any atom is 0.246 e. The third-order valence-corrected chi connectivity index (χ3v) is 8.96. The van der Waals surface area contributed by atoms with E-state index in [2.05, 4.69) is 25.1 Å². The van der Waals surface area contributed by atoms with Gasteiger partial charge in [-0.05, 0) is 78.4 Å². The minimum atomic E-state index is -3.58. The van der Waals surface area contributed by atoms with E-state index >= 15 is 0 Å². The van der Waals surface area contributed by atoms with Crippen LogP contribution in [0.3, 0.4) is 0 Å². The summed E-state index contributed by atoms with van der Waals surface area (Å²) in [7, 11) is -1.93. The molecule has 204 valence electrons. The molecule has 4 rings (SSSR count). The third-order valence-electron chi connectivity index (χ3n) is 7.05. The molecule has 0 radical (unpaired) electrons. The summed E-state index contributed by atoms with van der Waals surface area (Å²) in [5.41, 5.74) is 6.38. The van der Waals surface area contributed by atoms with Crippen LogP contribution in [-0.2, 0) is 21.2 Å². The molecule has 1 saturated heterocycles. The van der Waals surface area contributed by atoms with Crippen molar-refractivity contribution in [3.63, 3.8) is 0 Å². The van der Waals surface area contributed by atoms with Gasteiger partial charge in [0.05, 0.1) is 12.0 Å². The van der Waals surface area contributed by atoms with Crippen LogP contribution in [0.2, 0.25) is 0 Å². The maximum atomic E-state index is 13.1. The van der Waals surface area contributed by atoms with Crippen molar-refractivity contribution >= 4 is 34.2 Å². The average molecular weight is 545 g/mol. The number of rotatable bonds is 8. The highest BCUT2D eigenvalue weighted by Gasteiger charge is 2.29. The topological polar surface area (TPSA) is 66.9 Å². The molecule has 0 bridgehead atoms. The Bertz CT molecular complexity index is 1470. The third kappa shape index (κ3) is 6.85. The summed E-state index contributed by atoms with van der Waals surface area (Å²) in [6, 6.07) is 19.1. The van der Waals surface area contributed by atoms with Gasteiger partial charge in [0.2, 0.25) is 15.9 Å². The van der Waals surface area contributed by atoms with Crippen LogP contribution in [0.4, 0.5) is 0 Å². The zero-order valence-electron chi connectivity index (χ0n) is 23.1. The lowest BCUT2D eigenvalue weighted by atomic mass is 9.97. The molecule has 6 nitrogen and oxygen atoms in total. The number of aryl methyl sites for hydroxylation is 3. The smallest absolute Gasteiger partial charge is 0.246 e. The van der Waals surface area contributed by atoms with E-state index in [-0.39, 0.29) is 19.0 Å². The molecule has 3 aromatic carbocycles. The number of nitrogens with zero attached hydrogens (tertiary/aromatic N) is 2. The molecule has 0 spiro atoms. The van der Waals surface area contributed by atoms with Crippen molar-refractivity contribution in [1.29, 1.82) is 0 Å². The summed E-state index contributed by atoms with van der Waals surface area (Å²) in [6.07, 6.45) is 8.42. The number of hydrogen-bond acceptors (Lipinski definition) is 4. The van der Waals surface area contributed by atoms with E-state index in [4.69, 9.17) is 4.74 Å². The molecule has 0 atom stereocenters. The summed E-state index contributed by atoms with van der Waals surface area (Å²) >= 11 is 0. The standard InChI is InChI=1S/C32H36N2O4S/c1-5-26-9-14-30(15-10-26)39(36,37)34-20-18-33(19-21-34)32(35)17-16-31-25(3)22-24(2)23-28(31)11-6-27-7-12-29(38-4)13-8-27/h6-17,22-23H,5,18-21H2,1-4H3/b11-6+,17-16+. The molecule has 0 saturated carbocycles. The number of hydrogen-bond donors (Lipinski definition) is 0. The number of piperazine rings is 1. The van der Waals surface area contributed by atoms with Gasteiger partial charge in [-0.3, -0.25) is 4.79 Å². The first-order valence-corrected chi connectivity index (χ1v) is 14.6. The summed E-state index contributed by atoms with van der Waals surface area (Å²) < 4.78 is 32.8. The molecule has 7 heteroatoms. The molecule has 1 fully saturated rings. The fraction of sp³-hybridized carbons (Fsp3) is 0.281. The average Bonchev–Trinajstić information content (AvgIpc) is 2.95. The highest BCUT2D eigenvalue weighted by molar-refractivity contribution is 7.89. The van der Waals surface area contributed by atoms with Gasteiger partial charge in [-0.1, -0.05) is 61.0 Å². The second-order valence-electron chi connectivity index (χ2n) is 9.75. The van der Waals surface area contributed by atoms with E-state index in [1.54, 1.807) is 30.2 Å². The highest BCUT2D eigenvalue weighted by Crippen LogP contribution is 2.23. The predicted molar refractivity (Wildman–Crippen MR) is 158 cm³/mol. The first kappa shape index (κ1) is 28.3. The Hall–Kier alpha value is -3.68. The molecular formula is C32H36N2O4S. The Labute approximate surface area is 232 Å². The minimum Gasteiger partial charge on any atom is -0.497 e. The van der Waals surface area contributed by atoms with E-state index in [0.29, 0.717) is 18.0 Å². The molecular weight excluding hydrogens is 508 g/mol. The van der Waals surface area contributed by atoms with Crippen LogP contribution < -0.4 is 4.74 Å². The largest absolute Gasteiger partial charge is 0.497 e. The number of ether oxygens (including phenoxy) is 1. The first-order valence-electron chi connectivity index (χ1n) is 13.2. The number of benzene rings is 3. The number of amides is 1. The van der Waals surface area contributed by atoms with Gasteiger partial charge < -0.3 is 9.64 Å². The zero-order valence-corrected chi connectivity index (χ0v) is 23.9. The lowest BCUT2D eigenvalue weighted by molar-refractivity contribution is -0.127. The van der Waals surface area contributed by atoms with Crippen LogP contribution in [0, 0.1) is 13.8 Å². The maximum absolute atomic E-state index is 13.1. The fourth-order valence-electron chi connectivity index (χ4n) is 4.73. The van der Waals surface area contributed by atoms with Gasteiger partial charge in [0.1, 0.15) is 5.75 Å². The Morgan fingerprint density at radius 1 is 0.897 bits per heavy atom. The van der Waals surface area contributed by atoms with Gasteiger partial charge in [0, 0.05) is 32.3 Å². The SMILES string of the molecule is CCc1ccc(S(=O)(=O)N2CCN(C(=O)/C=C/c3c(C)cc(C)cc3/C=C/c3ccc(OC)cc3)CC2)cc1. The Morgan fingerprint density at radius 3 is 2.18 bits per heavy atom. The van der Waals surface area contributed by atoms with Crippen molar-refractivity contribution in [2.45, 2.75) is 32.1 Å². The molecule has 0 unspecified atom stereocenters. The van der Waals surface area contributed by atoms with E-state index in [0.717, 1.165) is 45.6 Å². The summed E-state index contributed by atoms with van der Waals surface area (Å²) in [6.45, 7) is 7.39. The van der Waals surface area contributed by atoms with Gasteiger partial charge in [-0.25, -0.2) is 8.42 Å². The van der Waals surface area contributed by atoms with Crippen molar-refractivity contribution in [3.8, 4) is 5.75 Å². The normalized spacial score (nSPS) is 14.8. The number of carbonyl (C=O) groups excluding carboxylic acids is 1. The van der Waals surface area contributed by atoms with Crippen molar-refractivity contribution in [2.75, 3.05) is 33.3 Å². The minimum absolute atomic E-state index is 0.121. The lowest BCUT2D eigenvalue weighted by Gasteiger charge is -2.33. The molecule has 3 aromatic rings. The van der Waals surface area contributed by atoms with E-state index in [9.17, 15) is 13.2 Å². The van der Waals surface area contributed by atoms with Gasteiger partial charge in [0.15, 0.2) is 0 Å². The quantitative estimate of drug-likeness (QED) is 0.274. The van der Waals surface area contributed by atoms with Crippen LogP contribution >= 0.6 is 0 Å². The molecule has 0 aliphatic carbocycles. The number of carbonyl (C=O) groups is 1. The van der Waals surface area contributed by atoms with Crippen molar-refractivity contribution in [2.24, 2.45) is 0 Å². The second-order valence-corrected chi connectivity index (χ2v) is 11.7. The molecule has 1 aliphatic rings. The van der Waals surface area contributed by atoms with Gasteiger partial charge >= 0.3 is 0 Å². The van der Waals surface area contributed by atoms with Crippen LogP contribution in [0.1, 0.15) is 40.3 Å². The van der Waals surface area contributed by atoms with E-state index in [1.807, 2.05) is 62.4 Å². The Morgan fingerprint density at radius 2 is 1.56 bits per heavy atom. The zero-order chi connectivity index (χ0) is 28.0. The summed E-state index contributed by atoms with van der Waals surface area (Å²) in [5.74, 6) is 0.689. The van der Waals surface area contributed by atoms with E-state index in [1.165, 1.54) is 4.31 Å². The molecule has 1 amide bonds. The van der Waals surface area contributed by atoms with Crippen molar-refractivity contribution < 1.29 is 17.9 Å². The van der Waals surface area contributed by atoms with Crippen LogP contribution in [-0.4, -0.2) is 56.8 Å². The number of sulfonamides is 1. The molecule has 39 heavy (non-hydrogen) atoms. The molecule has 1 aliphatic heterocycles. The molecule has 1 heterocycles. The van der Waals surface area contributed by atoms with Gasteiger partial charge in [0.25, 0.3) is 0 Å². The van der Waals surface area contributed by atoms with Crippen LogP contribution in [0.15, 0.2) is 71.6 Å². The second kappa shape index (κ2) is 12.5. The Kier molecular flexibility index (Phi) is 9.04. The van der Waals surface area contributed by atoms with Gasteiger partial charge in [-0.15, -0.1) is 0 Å². The van der Waals surface area contributed by atoms with Crippen molar-refractivity contribution in [3.05, 3.63) is 100 Å². The Balaban J connectivity index is 1.44. The van der Waals surface area contributed by atoms with Crippen LogP contribution in [0.5, 0.6) is 5.75 Å². The predicted octanol–water partition coefficient (Wildman–Crippen LogP) is 5.59. The van der Waals surface area contributed by atoms with Gasteiger partial charge in [-0.2, -0.15) is 4.31 Å². The highest BCUT2D eigenvalue weighted by atomic mass is 32.2. The first-order chi connectivity index (χ1) is 18.7. The number of methoxy groups -OCH3 is 1.